The van der Waals surface area contributed by atoms with E-state index in [0.717, 1.165) is 58.7 Å². The Morgan fingerprint density at radius 3 is 2.15 bits per heavy atom. The Bertz CT molecular complexity index is 1120. The Kier molecular flexibility index (Phi) is 8.64. The van der Waals surface area contributed by atoms with E-state index in [1.165, 1.54) is 23.5 Å². The van der Waals surface area contributed by atoms with Crippen molar-refractivity contribution >= 4 is 17.4 Å². The van der Waals surface area contributed by atoms with Crippen LogP contribution in [0.15, 0.2) is 42.6 Å². The molecule has 3 heterocycles. The van der Waals surface area contributed by atoms with Crippen molar-refractivity contribution in [2.45, 2.75) is 64.2 Å². The van der Waals surface area contributed by atoms with Crippen LogP contribution >= 0.6 is 0 Å². The summed E-state index contributed by atoms with van der Waals surface area (Å²) in [4.78, 5) is 26.3. The molecule has 1 amide bonds. The van der Waals surface area contributed by atoms with Crippen molar-refractivity contribution in [1.82, 2.24) is 14.8 Å². The summed E-state index contributed by atoms with van der Waals surface area (Å²) < 4.78 is 28.7. The first-order chi connectivity index (χ1) is 19.1. The molecule has 1 aromatic carbocycles. The summed E-state index contributed by atoms with van der Waals surface area (Å²) in [6, 6.07) is 12.2. The molecule has 6 nitrogen and oxygen atoms in total. The normalized spacial score (nSPS) is 19.6. The predicted molar refractivity (Wildman–Crippen MR) is 157 cm³/mol. The van der Waals surface area contributed by atoms with Gasteiger partial charge in [-0.1, -0.05) is 32.9 Å². The van der Waals surface area contributed by atoms with Crippen molar-refractivity contribution in [3.63, 3.8) is 0 Å². The lowest BCUT2D eigenvalue weighted by Crippen LogP contribution is -2.46. The van der Waals surface area contributed by atoms with Crippen molar-refractivity contribution in [2.24, 2.45) is 5.92 Å². The molecule has 0 radical (unpaired) electrons. The van der Waals surface area contributed by atoms with E-state index in [2.05, 4.69) is 64.7 Å². The zero-order chi connectivity index (χ0) is 28.3. The molecular weight excluding hydrogens is 508 g/mol. The first-order valence-electron chi connectivity index (χ1n) is 15.1. The first-order valence-corrected chi connectivity index (χ1v) is 15.1. The van der Waals surface area contributed by atoms with E-state index in [9.17, 15) is 13.6 Å². The topological polar surface area (TPSA) is 42.9 Å². The molecule has 1 aromatic heterocycles. The highest BCUT2D eigenvalue weighted by Crippen LogP contribution is 2.49. The summed E-state index contributed by atoms with van der Waals surface area (Å²) in [6.45, 7) is 14.6. The van der Waals surface area contributed by atoms with Gasteiger partial charge in [0.2, 0.25) is 5.91 Å². The average molecular weight is 554 g/mol. The molecule has 3 aliphatic rings. The van der Waals surface area contributed by atoms with Gasteiger partial charge in [-0.2, -0.15) is 0 Å². The van der Waals surface area contributed by atoms with Crippen LogP contribution in [-0.4, -0.2) is 79.6 Å². The molecule has 0 unspecified atom stereocenters. The Morgan fingerprint density at radius 2 is 1.52 bits per heavy atom. The van der Waals surface area contributed by atoms with E-state index in [1.54, 1.807) is 6.07 Å². The number of amides is 1. The monoisotopic (exact) mass is 553 g/mol. The summed E-state index contributed by atoms with van der Waals surface area (Å²) in [5, 5.41) is 0. The molecule has 1 aliphatic carbocycles. The van der Waals surface area contributed by atoms with Gasteiger partial charge in [0.1, 0.15) is 5.82 Å². The molecule has 0 bridgehead atoms. The lowest BCUT2D eigenvalue weighted by atomic mass is 9.87. The summed E-state index contributed by atoms with van der Waals surface area (Å²) in [7, 11) is 0. The first kappa shape index (κ1) is 28.8. The number of aromatic nitrogens is 1. The summed E-state index contributed by atoms with van der Waals surface area (Å²) in [5.74, 6) is -2.38. The molecular formula is C32H45F2N5O. The van der Waals surface area contributed by atoms with Crippen LogP contribution in [-0.2, 0) is 16.1 Å². The number of piperazine rings is 1. The minimum Gasteiger partial charge on any atom is -0.369 e. The third-order valence-electron chi connectivity index (χ3n) is 8.73. The van der Waals surface area contributed by atoms with Gasteiger partial charge in [0.05, 0.1) is 0 Å². The fourth-order valence-corrected chi connectivity index (χ4v) is 5.86. The maximum absolute atomic E-state index is 14.4. The fraction of sp³-hybridized carbons (Fsp3) is 0.625. The molecule has 0 N–H and O–H groups in total. The van der Waals surface area contributed by atoms with Gasteiger partial charge in [0, 0.05) is 82.1 Å². The SMILES string of the molecule is CC(C)(C)c1ccc(N2CCN(CCCC(=O)N3CCCN(c4ccc(C(F)(F)C5CC5)cn4)CC3)CC2)cc1. The van der Waals surface area contributed by atoms with E-state index in [1.807, 2.05) is 4.90 Å². The van der Waals surface area contributed by atoms with Gasteiger partial charge >= 0.3 is 0 Å². The number of benzene rings is 1. The maximum Gasteiger partial charge on any atom is 0.277 e. The van der Waals surface area contributed by atoms with Crippen molar-refractivity contribution < 1.29 is 13.6 Å². The number of carbonyl (C=O) groups excluding carboxylic acids is 1. The second-order valence-corrected chi connectivity index (χ2v) is 12.8. The second-order valence-electron chi connectivity index (χ2n) is 12.8. The number of halogens is 2. The maximum atomic E-state index is 14.4. The molecule has 0 atom stereocenters. The molecule has 1 saturated carbocycles. The van der Waals surface area contributed by atoms with Crippen LogP contribution in [0.3, 0.4) is 0 Å². The number of nitrogens with zero attached hydrogens (tertiary/aromatic N) is 5. The Labute approximate surface area is 238 Å². The van der Waals surface area contributed by atoms with Gasteiger partial charge in [-0.05, 0) is 67.5 Å². The molecule has 2 aromatic rings. The number of alkyl halides is 2. The highest BCUT2D eigenvalue weighted by atomic mass is 19.3. The molecule has 218 valence electrons. The number of carbonyl (C=O) groups is 1. The van der Waals surface area contributed by atoms with Crippen LogP contribution in [0.25, 0.3) is 0 Å². The van der Waals surface area contributed by atoms with Crippen LogP contribution in [0.2, 0.25) is 0 Å². The van der Waals surface area contributed by atoms with E-state index in [-0.39, 0.29) is 16.9 Å². The zero-order valence-corrected chi connectivity index (χ0v) is 24.4. The number of hydrogen-bond donors (Lipinski definition) is 0. The molecule has 5 rings (SSSR count). The number of anilines is 2. The molecule has 3 fully saturated rings. The van der Waals surface area contributed by atoms with E-state index in [0.29, 0.717) is 38.2 Å². The zero-order valence-electron chi connectivity index (χ0n) is 24.4. The van der Waals surface area contributed by atoms with Crippen LogP contribution in [0.1, 0.15) is 64.0 Å². The molecule has 0 spiro atoms. The van der Waals surface area contributed by atoms with E-state index in [4.69, 9.17) is 0 Å². The fourth-order valence-electron chi connectivity index (χ4n) is 5.86. The van der Waals surface area contributed by atoms with Crippen molar-refractivity contribution in [1.29, 1.82) is 0 Å². The van der Waals surface area contributed by atoms with E-state index >= 15 is 0 Å². The lowest BCUT2D eigenvalue weighted by molar-refractivity contribution is -0.131. The summed E-state index contributed by atoms with van der Waals surface area (Å²) in [5.41, 5.74) is 2.84. The largest absolute Gasteiger partial charge is 0.369 e. The molecule has 40 heavy (non-hydrogen) atoms. The van der Waals surface area contributed by atoms with Gasteiger partial charge in [0.15, 0.2) is 0 Å². The highest BCUT2D eigenvalue weighted by molar-refractivity contribution is 5.76. The smallest absolute Gasteiger partial charge is 0.277 e. The minimum absolute atomic E-state index is 0.0153. The van der Waals surface area contributed by atoms with Crippen molar-refractivity contribution in [3.8, 4) is 0 Å². The number of rotatable bonds is 8. The van der Waals surface area contributed by atoms with Gasteiger partial charge in [-0.15, -0.1) is 0 Å². The van der Waals surface area contributed by atoms with Crippen LogP contribution < -0.4 is 9.80 Å². The third kappa shape index (κ3) is 6.93. The van der Waals surface area contributed by atoms with E-state index < -0.39 is 11.8 Å². The number of pyridine rings is 1. The van der Waals surface area contributed by atoms with Crippen LogP contribution in [0, 0.1) is 5.92 Å². The van der Waals surface area contributed by atoms with Crippen molar-refractivity contribution in [2.75, 3.05) is 68.7 Å². The van der Waals surface area contributed by atoms with Crippen LogP contribution in [0.4, 0.5) is 20.3 Å². The minimum atomic E-state index is -2.78. The standard InChI is InChI=1S/C32H45F2N5O/c1-31(2,3)25-9-12-28(13-10-25)37-20-18-36(19-21-37)15-4-6-30(40)39-17-5-16-38(22-23-39)29-14-11-27(24-35-29)32(33,34)26-7-8-26/h9-14,24,26H,4-8,15-23H2,1-3H3. The van der Waals surface area contributed by atoms with Gasteiger partial charge in [-0.3, -0.25) is 9.69 Å². The van der Waals surface area contributed by atoms with Gasteiger partial charge < -0.3 is 14.7 Å². The Morgan fingerprint density at radius 1 is 0.850 bits per heavy atom. The molecule has 8 heteroatoms. The highest BCUT2D eigenvalue weighted by Gasteiger charge is 2.48. The van der Waals surface area contributed by atoms with Gasteiger partial charge in [-0.25, -0.2) is 13.8 Å². The second kappa shape index (κ2) is 12.0. The Hall–Kier alpha value is -2.74. The summed E-state index contributed by atoms with van der Waals surface area (Å²) in [6.07, 6.45) is 4.81. The van der Waals surface area contributed by atoms with Crippen LogP contribution in [0.5, 0.6) is 0 Å². The Balaban J connectivity index is 1.02. The summed E-state index contributed by atoms with van der Waals surface area (Å²) >= 11 is 0. The van der Waals surface area contributed by atoms with Gasteiger partial charge in [0.25, 0.3) is 5.92 Å². The lowest BCUT2D eigenvalue weighted by Gasteiger charge is -2.36. The number of hydrogen-bond acceptors (Lipinski definition) is 5. The van der Waals surface area contributed by atoms with Crippen molar-refractivity contribution in [3.05, 3.63) is 53.7 Å². The average Bonchev–Trinajstić information content (AvgIpc) is 3.81. The predicted octanol–water partition coefficient (Wildman–Crippen LogP) is 5.52. The quantitative estimate of drug-likeness (QED) is 0.431. The molecule has 2 aliphatic heterocycles. The third-order valence-corrected chi connectivity index (χ3v) is 8.73. The molecule has 2 saturated heterocycles.